The number of carbonyl (C=O) groups excluding carboxylic acids is 1. The SMILES string of the molecule is Nc1ccc(S(=O)CC(=O)NC2CCCCCC2)cc1F. The van der Waals surface area contributed by atoms with Crippen LogP contribution in [0, 0.1) is 5.82 Å². The number of benzene rings is 1. The van der Waals surface area contributed by atoms with Crippen LogP contribution in [0.15, 0.2) is 23.1 Å². The van der Waals surface area contributed by atoms with Crippen LogP contribution in [0.5, 0.6) is 0 Å². The van der Waals surface area contributed by atoms with Crippen molar-refractivity contribution in [2.45, 2.75) is 49.5 Å². The average Bonchev–Trinajstić information content (AvgIpc) is 2.70. The summed E-state index contributed by atoms with van der Waals surface area (Å²) in [7, 11) is -1.55. The molecule has 21 heavy (non-hydrogen) atoms. The lowest BCUT2D eigenvalue weighted by atomic mass is 10.1. The Hall–Kier alpha value is -1.43. The first-order chi connectivity index (χ1) is 10.1. The molecule has 1 aliphatic rings. The van der Waals surface area contributed by atoms with Gasteiger partial charge in [-0.25, -0.2) is 4.39 Å². The van der Waals surface area contributed by atoms with Gasteiger partial charge in [0.2, 0.25) is 5.91 Å². The molecule has 0 aromatic heterocycles. The maximum atomic E-state index is 13.3. The van der Waals surface area contributed by atoms with Crippen molar-refractivity contribution in [1.82, 2.24) is 5.32 Å². The lowest BCUT2D eigenvalue weighted by Gasteiger charge is -2.16. The molecule has 1 aliphatic carbocycles. The number of hydrogen-bond acceptors (Lipinski definition) is 3. The lowest BCUT2D eigenvalue weighted by Crippen LogP contribution is -2.37. The Morgan fingerprint density at radius 1 is 1.29 bits per heavy atom. The molecule has 1 aromatic carbocycles. The molecule has 0 spiro atoms. The average molecular weight is 312 g/mol. The molecule has 1 unspecified atom stereocenters. The summed E-state index contributed by atoms with van der Waals surface area (Å²) in [5, 5.41) is 2.94. The predicted octanol–water partition coefficient (Wildman–Crippen LogP) is 2.35. The number of nitrogens with one attached hydrogen (secondary N) is 1. The second-order valence-electron chi connectivity index (χ2n) is 5.43. The molecule has 0 bridgehead atoms. The monoisotopic (exact) mass is 312 g/mol. The van der Waals surface area contributed by atoms with E-state index in [1.165, 1.54) is 25.0 Å². The molecule has 116 valence electrons. The van der Waals surface area contributed by atoms with E-state index in [2.05, 4.69) is 5.32 Å². The molecule has 6 heteroatoms. The normalized spacial score (nSPS) is 18.0. The van der Waals surface area contributed by atoms with Gasteiger partial charge in [0.25, 0.3) is 0 Å². The zero-order valence-electron chi connectivity index (χ0n) is 11.9. The van der Waals surface area contributed by atoms with Gasteiger partial charge in [-0.05, 0) is 31.0 Å². The standard InChI is InChI=1S/C15H21FN2O2S/c16-13-9-12(7-8-14(13)17)21(20)10-15(19)18-11-5-3-1-2-4-6-11/h7-9,11H,1-6,10,17H2,(H,18,19). The zero-order valence-corrected chi connectivity index (χ0v) is 12.8. The van der Waals surface area contributed by atoms with E-state index < -0.39 is 16.6 Å². The Bertz CT molecular complexity index is 528. The summed E-state index contributed by atoms with van der Waals surface area (Å²) >= 11 is 0. The third-order valence-corrected chi connectivity index (χ3v) is 5.02. The maximum Gasteiger partial charge on any atom is 0.233 e. The Kier molecular flexibility index (Phi) is 5.73. The van der Waals surface area contributed by atoms with Crippen molar-refractivity contribution in [2.75, 3.05) is 11.5 Å². The fourth-order valence-electron chi connectivity index (χ4n) is 2.54. The van der Waals surface area contributed by atoms with E-state index in [-0.39, 0.29) is 28.3 Å². The Balaban J connectivity index is 1.89. The van der Waals surface area contributed by atoms with Crippen molar-refractivity contribution in [2.24, 2.45) is 0 Å². The van der Waals surface area contributed by atoms with Crippen LogP contribution in [0.2, 0.25) is 0 Å². The fraction of sp³-hybridized carbons (Fsp3) is 0.533. The summed E-state index contributed by atoms with van der Waals surface area (Å²) in [6, 6.07) is 4.17. The molecule has 1 saturated carbocycles. The van der Waals surface area contributed by atoms with E-state index in [0.29, 0.717) is 0 Å². The second-order valence-corrected chi connectivity index (χ2v) is 6.88. The first kappa shape index (κ1) is 15.9. The van der Waals surface area contributed by atoms with Crippen LogP contribution in [0.25, 0.3) is 0 Å². The van der Waals surface area contributed by atoms with Crippen LogP contribution < -0.4 is 11.1 Å². The minimum Gasteiger partial charge on any atom is -0.396 e. The largest absolute Gasteiger partial charge is 0.396 e. The van der Waals surface area contributed by atoms with Gasteiger partial charge in [0, 0.05) is 10.9 Å². The molecule has 3 N–H and O–H groups in total. The number of hydrogen-bond donors (Lipinski definition) is 2. The van der Waals surface area contributed by atoms with E-state index in [1.54, 1.807) is 0 Å². The topological polar surface area (TPSA) is 72.2 Å². The molecule has 2 rings (SSSR count). The molecule has 1 amide bonds. The van der Waals surface area contributed by atoms with E-state index in [0.717, 1.165) is 31.7 Å². The number of anilines is 1. The van der Waals surface area contributed by atoms with Gasteiger partial charge in [0.05, 0.1) is 16.5 Å². The number of halogens is 1. The summed E-state index contributed by atoms with van der Waals surface area (Å²) in [4.78, 5) is 12.2. The summed E-state index contributed by atoms with van der Waals surface area (Å²) in [6.07, 6.45) is 6.63. The van der Waals surface area contributed by atoms with E-state index in [9.17, 15) is 13.4 Å². The van der Waals surface area contributed by atoms with Gasteiger partial charge in [0.1, 0.15) is 11.6 Å². The summed E-state index contributed by atoms with van der Waals surface area (Å²) in [5.41, 5.74) is 5.39. The lowest BCUT2D eigenvalue weighted by molar-refractivity contribution is -0.119. The van der Waals surface area contributed by atoms with E-state index in [4.69, 9.17) is 5.73 Å². The minimum absolute atomic E-state index is 0.0126. The minimum atomic E-state index is -1.55. The van der Waals surface area contributed by atoms with Gasteiger partial charge in [-0.1, -0.05) is 25.7 Å². The highest BCUT2D eigenvalue weighted by atomic mass is 32.2. The molecule has 4 nitrogen and oxygen atoms in total. The number of carbonyl (C=O) groups is 1. The molecular formula is C15H21FN2O2S. The van der Waals surface area contributed by atoms with Crippen molar-refractivity contribution < 1.29 is 13.4 Å². The highest BCUT2D eigenvalue weighted by Gasteiger charge is 2.17. The maximum absolute atomic E-state index is 13.3. The van der Waals surface area contributed by atoms with Gasteiger partial charge < -0.3 is 11.1 Å². The summed E-state index contributed by atoms with van der Waals surface area (Å²) in [6.45, 7) is 0. The van der Waals surface area contributed by atoms with Crippen LogP contribution in [0.1, 0.15) is 38.5 Å². The molecule has 0 radical (unpaired) electrons. The zero-order chi connectivity index (χ0) is 15.2. The Morgan fingerprint density at radius 3 is 2.57 bits per heavy atom. The van der Waals surface area contributed by atoms with Crippen LogP contribution in [-0.2, 0) is 15.6 Å². The first-order valence-electron chi connectivity index (χ1n) is 7.29. The second kappa shape index (κ2) is 7.54. The molecule has 0 aliphatic heterocycles. The molecule has 0 heterocycles. The van der Waals surface area contributed by atoms with Gasteiger partial charge in [-0.3, -0.25) is 9.00 Å². The molecule has 0 saturated heterocycles. The third-order valence-electron chi connectivity index (χ3n) is 3.72. The Morgan fingerprint density at radius 2 is 1.95 bits per heavy atom. The van der Waals surface area contributed by atoms with Crippen molar-refractivity contribution in [1.29, 1.82) is 0 Å². The third kappa shape index (κ3) is 4.81. The molecule has 1 aromatic rings. The number of rotatable bonds is 4. The summed E-state index contributed by atoms with van der Waals surface area (Å²) in [5.74, 6) is -0.984. The van der Waals surface area contributed by atoms with Crippen LogP contribution in [0.3, 0.4) is 0 Å². The van der Waals surface area contributed by atoms with Gasteiger partial charge in [-0.15, -0.1) is 0 Å². The van der Waals surface area contributed by atoms with Gasteiger partial charge in [-0.2, -0.15) is 0 Å². The quantitative estimate of drug-likeness (QED) is 0.662. The van der Waals surface area contributed by atoms with Crippen molar-refractivity contribution in [3.8, 4) is 0 Å². The van der Waals surface area contributed by atoms with Crippen LogP contribution >= 0.6 is 0 Å². The van der Waals surface area contributed by atoms with Crippen LogP contribution in [-0.4, -0.2) is 21.9 Å². The highest BCUT2D eigenvalue weighted by Crippen LogP contribution is 2.18. The number of nitrogen functional groups attached to an aromatic ring is 1. The fourth-order valence-corrected chi connectivity index (χ4v) is 3.49. The molecule has 1 fully saturated rings. The first-order valence-corrected chi connectivity index (χ1v) is 8.61. The van der Waals surface area contributed by atoms with Gasteiger partial charge in [0.15, 0.2) is 0 Å². The van der Waals surface area contributed by atoms with Gasteiger partial charge >= 0.3 is 0 Å². The smallest absolute Gasteiger partial charge is 0.233 e. The number of nitrogens with two attached hydrogens (primary N) is 1. The molecule has 1 atom stereocenters. The molecular weight excluding hydrogens is 291 g/mol. The van der Waals surface area contributed by atoms with E-state index >= 15 is 0 Å². The van der Waals surface area contributed by atoms with Crippen molar-refractivity contribution in [3.05, 3.63) is 24.0 Å². The number of amides is 1. The predicted molar refractivity (Wildman–Crippen MR) is 81.7 cm³/mol. The van der Waals surface area contributed by atoms with Crippen molar-refractivity contribution in [3.63, 3.8) is 0 Å². The van der Waals surface area contributed by atoms with Crippen LogP contribution in [0.4, 0.5) is 10.1 Å². The van der Waals surface area contributed by atoms with Crippen molar-refractivity contribution >= 4 is 22.4 Å². The highest BCUT2D eigenvalue weighted by molar-refractivity contribution is 7.85. The summed E-state index contributed by atoms with van der Waals surface area (Å²) < 4.78 is 25.4. The Labute approximate surface area is 126 Å². The van der Waals surface area contributed by atoms with E-state index in [1.807, 2.05) is 0 Å².